The topological polar surface area (TPSA) is 32.3 Å². The van der Waals surface area contributed by atoms with Crippen molar-refractivity contribution in [3.63, 3.8) is 0 Å². The molecule has 1 amide bonds. The zero-order valence-electron chi connectivity index (χ0n) is 10.8. The molecule has 1 aliphatic heterocycles. The Balaban J connectivity index is 1.86. The number of nitrogens with one attached hydrogen (secondary N) is 1. The monoisotopic (exact) mass is 284 g/mol. The van der Waals surface area contributed by atoms with Gasteiger partial charge in [-0.15, -0.1) is 0 Å². The summed E-state index contributed by atoms with van der Waals surface area (Å²) in [6.07, 6.45) is 4.55. The zero-order chi connectivity index (χ0) is 13.7. The normalized spacial score (nSPS) is 16.0. The summed E-state index contributed by atoms with van der Waals surface area (Å²) in [6, 6.07) is 4.37. The molecule has 0 bridgehead atoms. The van der Waals surface area contributed by atoms with Crippen LogP contribution in [0, 0.1) is 5.82 Å². The predicted molar refractivity (Wildman–Crippen MR) is 74.9 cm³/mol. The quantitative estimate of drug-likeness (QED) is 0.924. The van der Waals surface area contributed by atoms with Gasteiger partial charge >= 0.3 is 0 Å². The third-order valence-electron chi connectivity index (χ3n) is 3.32. The van der Waals surface area contributed by atoms with Crippen LogP contribution in [-0.2, 0) is 4.79 Å². The summed E-state index contributed by atoms with van der Waals surface area (Å²) in [5.41, 5.74) is 0.662. The number of rotatable bonds is 3. The standard InChI is InChI=1S/C14H18ClFN2O/c15-12-9-11(5-6-13(12)16)17-10-14(19)18-7-3-1-2-4-8-18/h5-6,9,17H,1-4,7-8,10H2. The van der Waals surface area contributed by atoms with Crippen LogP contribution in [0.4, 0.5) is 10.1 Å². The fourth-order valence-electron chi connectivity index (χ4n) is 2.22. The molecule has 1 aromatic carbocycles. The van der Waals surface area contributed by atoms with Crippen LogP contribution in [0.15, 0.2) is 18.2 Å². The summed E-state index contributed by atoms with van der Waals surface area (Å²) in [6.45, 7) is 1.90. The summed E-state index contributed by atoms with van der Waals surface area (Å²) in [5.74, 6) is -0.367. The Labute approximate surface area is 117 Å². The third kappa shape index (κ3) is 4.10. The SMILES string of the molecule is O=C(CNc1ccc(F)c(Cl)c1)N1CCCCCC1. The van der Waals surface area contributed by atoms with Gasteiger partial charge in [-0.3, -0.25) is 4.79 Å². The van der Waals surface area contributed by atoms with Crippen molar-refractivity contribution in [3.8, 4) is 0 Å². The highest BCUT2D eigenvalue weighted by Crippen LogP contribution is 2.19. The number of benzene rings is 1. The van der Waals surface area contributed by atoms with E-state index in [1.165, 1.54) is 25.0 Å². The van der Waals surface area contributed by atoms with Crippen LogP contribution in [0.3, 0.4) is 0 Å². The molecule has 104 valence electrons. The summed E-state index contributed by atoms with van der Waals surface area (Å²) < 4.78 is 13.0. The van der Waals surface area contributed by atoms with Crippen LogP contribution >= 0.6 is 11.6 Å². The molecule has 5 heteroatoms. The Morgan fingerprint density at radius 1 is 1.26 bits per heavy atom. The van der Waals surface area contributed by atoms with Crippen LogP contribution in [-0.4, -0.2) is 30.4 Å². The molecule has 0 unspecified atom stereocenters. The van der Waals surface area contributed by atoms with Gasteiger partial charge in [0.1, 0.15) is 5.82 Å². The van der Waals surface area contributed by atoms with Crippen molar-refractivity contribution in [2.24, 2.45) is 0 Å². The third-order valence-corrected chi connectivity index (χ3v) is 3.61. The highest BCUT2D eigenvalue weighted by atomic mass is 35.5. The van der Waals surface area contributed by atoms with Gasteiger partial charge in [-0.2, -0.15) is 0 Å². The van der Waals surface area contributed by atoms with Crippen LogP contribution in [0.1, 0.15) is 25.7 Å². The van der Waals surface area contributed by atoms with Crippen LogP contribution in [0.5, 0.6) is 0 Å². The van der Waals surface area contributed by atoms with Gasteiger partial charge in [0.25, 0.3) is 0 Å². The summed E-state index contributed by atoms with van der Waals surface area (Å²) >= 11 is 5.69. The number of anilines is 1. The molecular weight excluding hydrogens is 267 g/mol. The summed E-state index contributed by atoms with van der Waals surface area (Å²) in [7, 11) is 0. The van der Waals surface area contributed by atoms with E-state index in [9.17, 15) is 9.18 Å². The second kappa shape index (κ2) is 6.75. The molecule has 1 heterocycles. The second-order valence-corrected chi connectivity index (χ2v) is 5.18. The van der Waals surface area contributed by atoms with Crippen molar-refractivity contribution in [1.82, 2.24) is 4.90 Å². The fourth-order valence-corrected chi connectivity index (χ4v) is 2.40. The molecule has 0 spiro atoms. The van der Waals surface area contributed by atoms with Gasteiger partial charge in [0.2, 0.25) is 5.91 Å². The summed E-state index contributed by atoms with van der Waals surface area (Å²) in [5, 5.41) is 3.05. The van der Waals surface area contributed by atoms with Crippen molar-refractivity contribution >= 4 is 23.2 Å². The fraction of sp³-hybridized carbons (Fsp3) is 0.500. The molecule has 19 heavy (non-hydrogen) atoms. The van der Waals surface area contributed by atoms with E-state index in [1.54, 1.807) is 6.07 Å². The first kappa shape index (κ1) is 14.1. The van der Waals surface area contributed by atoms with Crippen LogP contribution < -0.4 is 5.32 Å². The number of likely N-dealkylation sites (tertiary alicyclic amines) is 1. The van der Waals surface area contributed by atoms with Crippen LogP contribution in [0.2, 0.25) is 5.02 Å². The number of amides is 1. The highest BCUT2D eigenvalue weighted by Gasteiger charge is 2.15. The molecule has 0 aliphatic carbocycles. The maximum absolute atomic E-state index is 13.0. The van der Waals surface area contributed by atoms with E-state index in [0.717, 1.165) is 25.9 Å². The molecule has 0 atom stereocenters. The average molecular weight is 285 g/mol. The van der Waals surface area contributed by atoms with Gasteiger partial charge in [-0.25, -0.2) is 4.39 Å². The van der Waals surface area contributed by atoms with Gasteiger partial charge in [-0.05, 0) is 31.0 Å². The van der Waals surface area contributed by atoms with E-state index in [4.69, 9.17) is 11.6 Å². The van der Waals surface area contributed by atoms with Gasteiger partial charge in [0, 0.05) is 18.8 Å². The van der Waals surface area contributed by atoms with Crippen molar-refractivity contribution < 1.29 is 9.18 Å². The number of carbonyl (C=O) groups excluding carboxylic acids is 1. The van der Waals surface area contributed by atoms with E-state index >= 15 is 0 Å². The smallest absolute Gasteiger partial charge is 0.241 e. The number of carbonyl (C=O) groups is 1. The van der Waals surface area contributed by atoms with E-state index in [1.807, 2.05) is 4.90 Å². The molecule has 1 N–H and O–H groups in total. The molecule has 0 radical (unpaired) electrons. The summed E-state index contributed by atoms with van der Waals surface area (Å²) in [4.78, 5) is 13.9. The Hall–Kier alpha value is -1.29. The van der Waals surface area contributed by atoms with Crippen molar-refractivity contribution in [2.45, 2.75) is 25.7 Å². The first-order chi connectivity index (χ1) is 9.16. The lowest BCUT2D eigenvalue weighted by atomic mass is 10.2. The highest BCUT2D eigenvalue weighted by molar-refractivity contribution is 6.31. The molecule has 2 rings (SSSR count). The van der Waals surface area contributed by atoms with Crippen molar-refractivity contribution in [2.75, 3.05) is 25.0 Å². The predicted octanol–water partition coefficient (Wildman–Crippen LogP) is 3.29. The molecule has 0 saturated carbocycles. The Morgan fingerprint density at radius 3 is 2.58 bits per heavy atom. The Morgan fingerprint density at radius 2 is 1.95 bits per heavy atom. The lowest BCUT2D eigenvalue weighted by Crippen LogP contribution is -2.36. The zero-order valence-corrected chi connectivity index (χ0v) is 11.5. The second-order valence-electron chi connectivity index (χ2n) is 4.78. The minimum atomic E-state index is -0.453. The Bertz CT molecular complexity index is 445. The van der Waals surface area contributed by atoms with E-state index < -0.39 is 5.82 Å². The van der Waals surface area contributed by atoms with Gasteiger partial charge in [0.05, 0.1) is 11.6 Å². The lowest BCUT2D eigenvalue weighted by Gasteiger charge is -2.20. The minimum absolute atomic E-state index is 0.0622. The molecule has 1 fully saturated rings. The number of hydrogen-bond acceptors (Lipinski definition) is 2. The van der Waals surface area contributed by atoms with Gasteiger partial charge < -0.3 is 10.2 Å². The molecule has 3 nitrogen and oxygen atoms in total. The van der Waals surface area contributed by atoms with Crippen LogP contribution in [0.25, 0.3) is 0 Å². The van der Waals surface area contributed by atoms with Crippen molar-refractivity contribution in [1.29, 1.82) is 0 Å². The van der Waals surface area contributed by atoms with Gasteiger partial charge in [-0.1, -0.05) is 24.4 Å². The van der Waals surface area contributed by atoms with Gasteiger partial charge in [0.15, 0.2) is 0 Å². The lowest BCUT2D eigenvalue weighted by molar-refractivity contribution is -0.129. The van der Waals surface area contributed by atoms with E-state index in [2.05, 4.69) is 5.32 Å². The molecule has 1 aromatic rings. The number of nitrogens with zero attached hydrogens (tertiary/aromatic N) is 1. The average Bonchev–Trinajstić information content (AvgIpc) is 2.69. The number of hydrogen-bond donors (Lipinski definition) is 1. The molecule has 0 aromatic heterocycles. The van der Waals surface area contributed by atoms with Crippen molar-refractivity contribution in [3.05, 3.63) is 29.0 Å². The largest absolute Gasteiger partial charge is 0.376 e. The number of halogens is 2. The Kier molecular flexibility index (Phi) is 5.02. The molecular formula is C14H18ClFN2O. The molecule has 1 aliphatic rings. The maximum atomic E-state index is 13.0. The van der Waals surface area contributed by atoms with E-state index in [0.29, 0.717) is 5.69 Å². The van der Waals surface area contributed by atoms with E-state index in [-0.39, 0.29) is 17.5 Å². The molecule has 1 saturated heterocycles. The minimum Gasteiger partial charge on any atom is -0.376 e. The first-order valence-electron chi connectivity index (χ1n) is 6.63. The first-order valence-corrected chi connectivity index (χ1v) is 7.01. The maximum Gasteiger partial charge on any atom is 0.241 e.